The summed E-state index contributed by atoms with van der Waals surface area (Å²) in [5, 5.41) is 9.14. The van der Waals surface area contributed by atoms with Gasteiger partial charge in [0.25, 0.3) is 0 Å². The standard InChI is InChI=1S/C16H22FNO3/c1-11(9-10-12-7-5-6-8-13(12)17)14(19)18(4)16(2,3)15(20)21/h5-8,11H,9-10H2,1-4H3,(H,20,21). The van der Waals surface area contributed by atoms with Gasteiger partial charge in [-0.15, -0.1) is 0 Å². The summed E-state index contributed by atoms with van der Waals surface area (Å²) in [6.07, 6.45) is 0.917. The number of carbonyl (C=O) groups is 2. The average molecular weight is 295 g/mol. The van der Waals surface area contributed by atoms with Crippen molar-refractivity contribution in [2.75, 3.05) is 7.05 Å². The number of aryl methyl sites for hydroxylation is 1. The summed E-state index contributed by atoms with van der Waals surface area (Å²) >= 11 is 0. The molecule has 1 atom stereocenters. The van der Waals surface area contributed by atoms with Gasteiger partial charge in [-0.1, -0.05) is 25.1 Å². The molecular weight excluding hydrogens is 273 g/mol. The molecule has 1 aromatic rings. The highest BCUT2D eigenvalue weighted by Gasteiger charge is 2.36. The Morgan fingerprint density at radius 3 is 2.43 bits per heavy atom. The lowest BCUT2D eigenvalue weighted by Gasteiger charge is -2.33. The lowest BCUT2D eigenvalue weighted by atomic mass is 9.96. The summed E-state index contributed by atoms with van der Waals surface area (Å²) < 4.78 is 13.5. The zero-order valence-electron chi connectivity index (χ0n) is 12.9. The van der Waals surface area contributed by atoms with E-state index in [4.69, 9.17) is 5.11 Å². The van der Waals surface area contributed by atoms with Crippen LogP contribution in [0.3, 0.4) is 0 Å². The van der Waals surface area contributed by atoms with Gasteiger partial charge in [-0.25, -0.2) is 9.18 Å². The fourth-order valence-corrected chi connectivity index (χ4v) is 1.95. The first-order chi connectivity index (χ1) is 9.67. The summed E-state index contributed by atoms with van der Waals surface area (Å²) in [6.45, 7) is 4.70. The van der Waals surface area contributed by atoms with Crippen LogP contribution in [0.2, 0.25) is 0 Å². The molecule has 1 unspecified atom stereocenters. The highest BCUT2D eigenvalue weighted by molar-refractivity contribution is 5.87. The van der Waals surface area contributed by atoms with Crippen molar-refractivity contribution in [1.29, 1.82) is 0 Å². The number of benzene rings is 1. The molecule has 0 aromatic heterocycles. The minimum Gasteiger partial charge on any atom is -0.480 e. The average Bonchev–Trinajstić information content (AvgIpc) is 2.44. The molecule has 0 aliphatic rings. The van der Waals surface area contributed by atoms with E-state index < -0.39 is 11.5 Å². The van der Waals surface area contributed by atoms with Crippen LogP contribution in [0.15, 0.2) is 24.3 Å². The molecule has 1 N–H and O–H groups in total. The highest BCUT2D eigenvalue weighted by Crippen LogP contribution is 2.19. The molecule has 1 amide bonds. The van der Waals surface area contributed by atoms with Gasteiger partial charge in [0.1, 0.15) is 11.4 Å². The molecule has 1 aromatic carbocycles. The summed E-state index contributed by atoms with van der Waals surface area (Å²) in [7, 11) is 1.48. The van der Waals surface area contributed by atoms with Crippen LogP contribution in [0.5, 0.6) is 0 Å². The van der Waals surface area contributed by atoms with E-state index in [1.165, 1.54) is 31.9 Å². The molecule has 1 rings (SSSR count). The molecule has 116 valence electrons. The number of halogens is 1. The van der Waals surface area contributed by atoms with E-state index >= 15 is 0 Å². The number of nitrogens with zero attached hydrogens (tertiary/aromatic N) is 1. The SMILES string of the molecule is CC(CCc1ccccc1F)C(=O)N(C)C(C)(C)C(=O)O. The Labute approximate surface area is 124 Å². The van der Waals surface area contributed by atoms with Crippen LogP contribution in [0.1, 0.15) is 32.8 Å². The molecule has 0 spiro atoms. The van der Waals surface area contributed by atoms with Crippen molar-refractivity contribution in [2.24, 2.45) is 5.92 Å². The third-order valence-electron chi connectivity index (χ3n) is 3.92. The monoisotopic (exact) mass is 295 g/mol. The van der Waals surface area contributed by atoms with Gasteiger partial charge >= 0.3 is 5.97 Å². The van der Waals surface area contributed by atoms with E-state index in [1.54, 1.807) is 25.1 Å². The van der Waals surface area contributed by atoms with Gasteiger partial charge in [-0.05, 0) is 38.3 Å². The topological polar surface area (TPSA) is 57.6 Å². The summed E-state index contributed by atoms with van der Waals surface area (Å²) in [4.78, 5) is 24.7. The van der Waals surface area contributed by atoms with Crippen molar-refractivity contribution in [1.82, 2.24) is 4.90 Å². The first kappa shape index (κ1) is 17.1. The maximum Gasteiger partial charge on any atom is 0.329 e. The fourth-order valence-electron chi connectivity index (χ4n) is 1.95. The second kappa shape index (κ2) is 6.70. The summed E-state index contributed by atoms with van der Waals surface area (Å²) in [5.41, 5.74) is -0.694. The van der Waals surface area contributed by atoms with Crippen LogP contribution in [0.25, 0.3) is 0 Å². The van der Waals surface area contributed by atoms with Crippen LogP contribution >= 0.6 is 0 Å². The third-order valence-corrected chi connectivity index (χ3v) is 3.92. The molecule has 5 heteroatoms. The minimum absolute atomic E-state index is 0.251. The second-order valence-corrected chi connectivity index (χ2v) is 5.79. The second-order valence-electron chi connectivity index (χ2n) is 5.79. The Kier molecular flexibility index (Phi) is 5.47. The van der Waals surface area contributed by atoms with Crippen molar-refractivity contribution in [3.8, 4) is 0 Å². The molecule has 21 heavy (non-hydrogen) atoms. The molecular formula is C16H22FNO3. The fraction of sp³-hybridized carbons (Fsp3) is 0.500. The largest absolute Gasteiger partial charge is 0.480 e. The molecule has 0 saturated heterocycles. The van der Waals surface area contributed by atoms with Crippen molar-refractivity contribution in [3.63, 3.8) is 0 Å². The number of carbonyl (C=O) groups excluding carboxylic acids is 1. The van der Waals surface area contributed by atoms with Crippen LogP contribution in [0, 0.1) is 11.7 Å². The molecule has 0 aliphatic carbocycles. The van der Waals surface area contributed by atoms with Gasteiger partial charge in [0, 0.05) is 13.0 Å². The van der Waals surface area contributed by atoms with Gasteiger partial charge in [-0.3, -0.25) is 4.79 Å². The molecule has 4 nitrogen and oxygen atoms in total. The Morgan fingerprint density at radius 2 is 1.90 bits per heavy atom. The van der Waals surface area contributed by atoms with Crippen molar-refractivity contribution >= 4 is 11.9 Å². The first-order valence-corrected chi connectivity index (χ1v) is 6.92. The minimum atomic E-state index is -1.26. The Morgan fingerprint density at radius 1 is 1.33 bits per heavy atom. The van der Waals surface area contributed by atoms with Crippen molar-refractivity contribution in [3.05, 3.63) is 35.6 Å². The Hall–Kier alpha value is -1.91. The number of rotatable bonds is 6. The lowest BCUT2D eigenvalue weighted by molar-refractivity contribution is -0.156. The normalized spacial score (nSPS) is 12.8. The van der Waals surface area contributed by atoms with E-state index in [-0.39, 0.29) is 17.6 Å². The number of hydrogen-bond donors (Lipinski definition) is 1. The summed E-state index contributed by atoms with van der Waals surface area (Å²) in [5.74, 6) is -1.96. The van der Waals surface area contributed by atoms with E-state index in [0.29, 0.717) is 18.4 Å². The zero-order valence-corrected chi connectivity index (χ0v) is 12.9. The Bertz CT molecular complexity index is 528. The lowest BCUT2D eigenvalue weighted by Crippen LogP contribution is -2.52. The van der Waals surface area contributed by atoms with Gasteiger partial charge in [-0.2, -0.15) is 0 Å². The van der Waals surface area contributed by atoms with Crippen molar-refractivity contribution < 1.29 is 19.1 Å². The maximum absolute atomic E-state index is 13.5. The van der Waals surface area contributed by atoms with Gasteiger partial charge in [0.2, 0.25) is 5.91 Å². The molecule has 0 bridgehead atoms. The smallest absolute Gasteiger partial charge is 0.329 e. The summed E-state index contributed by atoms with van der Waals surface area (Å²) in [6, 6.07) is 6.46. The Balaban J connectivity index is 2.67. The van der Waals surface area contributed by atoms with Crippen LogP contribution < -0.4 is 0 Å². The highest BCUT2D eigenvalue weighted by atomic mass is 19.1. The predicted octanol–water partition coefficient (Wildman–Crippen LogP) is 2.72. The molecule has 0 radical (unpaired) electrons. The van der Waals surface area contributed by atoms with Crippen LogP contribution in [-0.2, 0) is 16.0 Å². The number of amides is 1. The van der Waals surface area contributed by atoms with Crippen molar-refractivity contribution in [2.45, 2.75) is 39.2 Å². The molecule has 0 heterocycles. The van der Waals surface area contributed by atoms with E-state index in [9.17, 15) is 14.0 Å². The van der Waals surface area contributed by atoms with Crippen LogP contribution in [-0.4, -0.2) is 34.5 Å². The van der Waals surface area contributed by atoms with E-state index in [2.05, 4.69) is 0 Å². The number of carboxylic acids is 1. The van der Waals surface area contributed by atoms with Gasteiger partial charge < -0.3 is 10.0 Å². The molecule has 0 fully saturated rings. The van der Waals surface area contributed by atoms with Gasteiger partial charge in [0.15, 0.2) is 0 Å². The molecule has 0 saturated carbocycles. The number of carboxylic acid groups (broad SMARTS) is 1. The molecule has 0 aliphatic heterocycles. The predicted molar refractivity (Wildman–Crippen MR) is 78.4 cm³/mol. The zero-order chi connectivity index (χ0) is 16.2. The quantitative estimate of drug-likeness (QED) is 0.878. The van der Waals surface area contributed by atoms with Crippen LogP contribution in [0.4, 0.5) is 4.39 Å². The van der Waals surface area contributed by atoms with E-state index in [0.717, 1.165) is 0 Å². The number of hydrogen-bond acceptors (Lipinski definition) is 2. The van der Waals surface area contributed by atoms with E-state index in [1.807, 2.05) is 0 Å². The number of aliphatic carboxylic acids is 1. The third kappa shape index (κ3) is 4.03. The maximum atomic E-state index is 13.5. The number of likely N-dealkylation sites (N-methyl/N-ethyl adjacent to an activating group) is 1. The first-order valence-electron chi connectivity index (χ1n) is 6.92. The van der Waals surface area contributed by atoms with Gasteiger partial charge in [0.05, 0.1) is 0 Å².